The normalized spacial score (nSPS) is 22.2. The summed E-state index contributed by atoms with van der Waals surface area (Å²) in [5.41, 5.74) is 0.874. The fourth-order valence-corrected chi connectivity index (χ4v) is 3.97. The highest BCUT2D eigenvalue weighted by atomic mass is 79.9. The van der Waals surface area contributed by atoms with Gasteiger partial charge in [-0.3, -0.25) is 0 Å². The Hall–Kier alpha value is -0.710. The highest BCUT2D eigenvalue weighted by molar-refractivity contribution is 9.11. The SMILES string of the molecule is Fc1ccccc1C1CC(NCc2ccc(Br)s2)C1. The van der Waals surface area contributed by atoms with Gasteiger partial charge in [-0.2, -0.15) is 0 Å². The van der Waals surface area contributed by atoms with E-state index in [9.17, 15) is 4.39 Å². The third-order valence-corrected chi connectivity index (χ3v) is 5.30. The van der Waals surface area contributed by atoms with Crippen molar-refractivity contribution in [2.24, 2.45) is 0 Å². The van der Waals surface area contributed by atoms with Crippen LogP contribution in [0.2, 0.25) is 0 Å². The molecule has 1 aliphatic carbocycles. The lowest BCUT2D eigenvalue weighted by Gasteiger charge is -2.36. The van der Waals surface area contributed by atoms with Crippen LogP contribution in [0.25, 0.3) is 0 Å². The minimum atomic E-state index is -0.0619. The highest BCUT2D eigenvalue weighted by Crippen LogP contribution is 2.38. The van der Waals surface area contributed by atoms with Crippen LogP contribution in [0.3, 0.4) is 0 Å². The van der Waals surface area contributed by atoms with Gasteiger partial charge in [0.2, 0.25) is 0 Å². The molecule has 19 heavy (non-hydrogen) atoms. The van der Waals surface area contributed by atoms with Gasteiger partial charge in [0.25, 0.3) is 0 Å². The number of thiophene rings is 1. The van der Waals surface area contributed by atoms with Gasteiger partial charge in [0.1, 0.15) is 5.82 Å². The Labute approximate surface area is 125 Å². The first kappa shape index (κ1) is 13.3. The molecule has 0 unspecified atom stereocenters. The maximum atomic E-state index is 13.6. The summed E-state index contributed by atoms with van der Waals surface area (Å²) in [4.78, 5) is 1.33. The maximum absolute atomic E-state index is 13.6. The van der Waals surface area contributed by atoms with Crippen molar-refractivity contribution >= 4 is 27.3 Å². The Morgan fingerprint density at radius 1 is 1.21 bits per heavy atom. The monoisotopic (exact) mass is 339 g/mol. The van der Waals surface area contributed by atoms with Gasteiger partial charge in [-0.25, -0.2) is 4.39 Å². The molecule has 1 nitrogen and oxygen atoms in total. The van der Waals surface area contributed by atoms with Crippen LogP contribution < -0.4 is 5.32 Å². The lowest BCUT2D eigenvalue weighted by atomic mass is 9.75. The molecule has 100 valence electrons. The van der Waals surface area contributed by atoms with Crippen molar-refractivity contribution in [1.82, 2.24) is 5.32 Å². The third kappa shape index (κ3) is 3.07. The predicted octanol–water partition coefficient (Wildman–Crippen LogP) is 4.69. The zero-order valence-electron chi connectivity index (χ0n) is 10.4. The van der Waals surface area contributed by atoms with E-state index in [1.54, 1.807) is 23.5 Å². The van der Waals surface area contributed by atoms with Crippen LogP contribution in [0.4, 0.5) is 4.39 Å². The van der Waals surface area contributed by atoms with E-state index >= 15 is 0 Å². The van der Waals surface area contributed by atoms with Crippen molar-refractivity contribution < 1.29 is 4.39 Å². The molecule has 1 heterocycles. The number of rotatable bonds is 4. The lowest BCUT2D eigenvalue weighted by molar-refractivity contribution is 0.284. The zero-order valence-corrected chi connectivity index (χ0v) is 12.8. The maximum Gasteiger partial charge on any atom is 0.126 e. The molecule has 0 saturated heterocycles. The third-order valence-electron chi connectivity index (χ3n) is 3.68. The number of hydrogen-bond acceptors (Lipinski definition) is 2. The number of halogens is 2. The van der Waals surface area contributed by atoms with Crippen LogP contribution in [0.1, 0.15) is 29.2 Å². The Bertz CT molecular complexity index is 563. The largest absolute Gasteiger partial charge is 0.309 e. The molecule has 0 spiro atoms. The van der Waals surface area contributed by atoms with Crippen molar-refractivity contribution in [3.05, 3.63) is 56.4 Å². The molecule has 1 N–H and O–H groups in total. The van der Waals surface area contributed by atoms with Crippen molar-refractivity contribution in [2.75, 3.05) is 0 Å². The Balaban J connectivity index is 1.49. The molecule has 0 amide bonds. The summed E-state index contributed by atoms with van der Waals surface area (Å²) in [6.45, 7) is 0.908. The number of hydrogen-bond donors (Lipinski definition) is 1. The summed E-state index contributed by atoms with van der Waals surface area (Å²) in [6.07, 6.45) is 2.07. The fraction of sp³-hybridized carbons (Fsp3) is 0.333. The van der Waals surface area contributed by atoms with Crippen LogP contribution in [0.15, 0.2) is 40.2 Å². The molecular weight excluding hydrogens is 325 g/mol. The Morgan fingerprint density at radius 2 is 2.00 bits per heavy atom. The molecule has 4 heteroatoms. The van der Waals surface area contributed by atoms with Gasteiger partial charge < -0.3 is 5.32 Å². The lowest BCUT2D eigenvalue weighted by Crippen LogP contribution is -2.39. The molecule has 1 aromatic carbocycles. The number of benzene rings is 1. The van der Waals surface area contributed by atoms with Crippen molar-refractivity contribution in [2.45, 2.75) is 31.3 Å². The molecule has 0 radical (unpaired) electrons. The zero-order chi connectivity index (χ0) is 13.2. The molecule has 0 aliphatic heterocycles. The van der Waals surface area contributed by atoms with Gasteiger partial charge >= 0.3 is 0 Å². The topological polar surface area (TPSA) is 12.0 Å². The second-order valence-electron chi connectivity index (χ2n) is 4.97. The molecule has 3 rings (SSSR count). The minimum absolute atomic E-state index is 0.0619. The smallest absolute Gasteiger partial charge is 0.126 e. The average molecular weight is 340 g/mol. The fourth-order valence-electron chi connectivity index (χ4n) is 2.54. The second kappa shape index (κ2) is 5.73. The van der Waals surface area contributed by atoms with E-state index in [0.717, 1.165) is 24.9 Å². The van der Waals surface area contributed by atoms with Crippen LogP contribution >= 0.6 is 27.3 Å². The Morgan fingerprint density at radius 3 is 2.68 bits per heavy atom. The van der Waals surface area contributed by atoms with Crippen LogP contribution in [-0.2, 0) is 6.54 Å². The van der Waals surface area contributed by atoms with E-state index in [0.29, 0.717) is 12.0 Å². The molecule has 0 bridgehead atoms. The van der Waals surface area contributed by atoms with E-state index in [4.69, 9.17) is 0 Å². The summed E-state index contributed by atoms with van der Waals surface area (Å²) in [6, 6.07) is 11.9. The standard InChI is InChI=1S/C15H15BrFNS/c16-15-6-5-12(19-15)9-18-11-7-10(8-11)13-3-1-2-4-14(13)17/h1-6,10-11,18H,7-9H2. The minimum Gasteiger partial charge on any atom is -0.309 e. The van der Waals surface area contributed by atoms with Gasteiger partial charge in [-0.05, 0) is 58.5 Å². The van der Waals surface area contributed by atoms with E-state index in [-0.39, 0.29) is 5.82 Å². The quantitative estimate of drug-likeness (QED) is 0.852. The van der Waals surface area contributed by atoms with Crippen molar-refractivity contribution in [3.8, 4) is 0 Å². The summed E-state index contributed by atoms with van der Waals surface area (Å²) in [5, 5.41) is 3.54. The van der Waals surface area contributed by atoms with E-state index < -0.39 is 0 Å². The summed E-state index contributed by atoms with van der Waals surface area (Å²) in [5.74, 6) is 0.321. The Kier molecular flexibility index (Phi) is 4.01. The van der Waals surface area contributed by atoms with Crippen LogP contribution in [0, 0.1) is 5.82 Å². The predicted molar refractivity (Wildman–Crippen MR) is 81.0 cm³/mol. The van der Waals surface area contributed by atoms with Gasteiger partial charge in [-0.1, -0.05) is 18.2 Å². The van der Waals surface area contributed by atoms with Crippen molar-refractivity contribution in [1.29, 1.82) is 0 Å². The molecule has 0 atom stereocenters. The van der Waals surface area contributed by atoms with E-state index in [2.05, 4.69) is 33.4 Å². The van der Waals surface area contributed by atoms with Gasteiger partial charge in [0.15, 0.2) is 0 Å². The van der Waals surface area contributed by atoms with Gasteiger partial charge in [0, 0.05) is 17.5 Å². The molecule has 1 fully saturated rings. The first-order valence-corrected chi connectivity index (χ1v) is 8.05. The van der Waals surface area contributed by atoms with Gasteiger partial charge in [-0.15, -0.1) is 11.3 Å². The summed E-state index contributed by atoms with van der Waals surface area (Å²) in [7, 11) is 0. The first-order valence-electron chi connectivity index (χ1n) is 6.44. The molecule has 1 aliphatic rings. The van der Waals surface area contributed by atoms with E-state index in [1.165, 1.54) is 8.66 Å². The molecular formula is C15H15BrFNS. The van der Waals surface area contributed by atoms with Crippen LogP contribution in [-0.4, -0.2) is 6.04 Å². The first-order chi connectivity index (χ1) is 9.22. The van der Waals surface area contributed by atoms with E-state index in [1.807, 2.05) is 12.1 Å². The van der Waals surface area contributed by atoms with Gasteiger partial charge in [0.05, 0.1) is 3.79 Å². The molecule has 1 aromatic heterocycles. The summed E-state index contributed by atoms with van der Waals surface area (Å²) < 4.78 is 14.8. The average Bonchev–Trinajstić information content (AvgIpc) is 2.75. The molecule has 1 saturated carbocycles. The highest BCUT2D eigenvalue weighted by Gasteiger charge is 2.31. The second-order valence-corrected chi connectivity index (χ2v) is 7.52. The molecule has 2 aromatic rings. The summed E-state index contributed by atoms with van der Waals surface area (Å²) >= 11 is 5.23. The van der Waals surface area contributed by atoms with Crippen LogP contribution in [0.5, 0.6) is 0 Å². The number of nitrogens with one attached hydrogen (secondary N) is 1. The van der Waals surface area contributed by atoms with Crippen molar-refractivity contribution in [3.63, 3.8) is 0 Å².